The van der Waals surface area contributed by atoms with E-state index in [4.69, 9.17) is 0 Å². The van der Waals surface area contributed by atoms with Gasteiger partial charge in [0.1, 0.15) is 0 Å². The molecule has 0 saturated carbocycles. The number of hydrogen-bond acceptors (Lipinski definition) is 2. The van der Waals surface area contributed by atoms with Crippen molar-refractivity contribution < 1.29 is 4.79 Å². The Morgan fingerprint density at radius 2 is 1.36 bits per heavy atom. The molecule has 0 aliphatic heterocycles. The molecule has 0 fully saturated rings. The van der Waals surface area contributed by atoms with E-state index in [0.717, 1.165) is 23.5 Å². The lowest BCUT2D eigenvalue weighted by atomic mass is 10.1. The largest absolute Gasteiger partial charge is 0.370 e. The van der Waals surface area contributed by atoms with E-state index in [1.54, 1.807) is 0 Å². The van der Waals surface area contributed by atoms with Gasteiger partial charge in [-0.1, -0.05) is 60.7 Å². The Bertz CT molecular complexity index is 798. The third-order valence-corrected chi connectivity index (χ3v) is 4.06. The fourth-order valence-corrected chi connectivity index (χ4v) is 2.73. The molecule has 3 aromatic carbocycles. The number of benzene rings is 3. The molecule has 1 amide bonds. The van der Waals surface area contributed by atoms with Crippen molar-refractivity contribution >= 4 is 17.3 Å². The van der Waals surface area contributed by atoms with Gasteiger partial charge in [0.2, 0.25) is 5.91 Å². The minimum absolute atomic E-state index is 0.00316. The van der Waals surface area contributed by atoms with Crippen LogP contribution in [0.15, 0.2) is 84.9 Å². The molecule has 1 N–H and O–H groups in total. The second-order valence-corrected chi connectivity index (χ2v) is 6.10. The maximum atomic E-state index is 12.1. The lowest BCUT2D eigenvalue weighted by Gasteiger charge is -2.19. The summed E-state index contributed by atoms with van der Waals surface area (Å²) < 4.78 is 0. The van der Waals surface area contributed by atoms with Crippen LogP contribution in [0.25, 0.3) is 0 Å². The van der Waals surface area contributed by atoms with Gasteiger partial charge in [0, 0.05) is 25.0 Å². The minimum Gasteiger partial charge on any atom is -0.370 e. The zero-order valence-electron chi connectivity index (χ0n) is 14.4. The fourth-order valence-electron chi connectivity index (χ4n) is 2.73. The molecule has 0 aromatic heterocycles. The van der Waals surface area contributed by atoms with Gasteiger partial charge < -0.3 is 10.2 Å². The molecule has 3 rings (SSSR count). The molecule has 126 valence electrons. The van der Waals surface area contributed by atoms with Crippen LogP contribution in [0.2, 0.25) is 0 Å². The number of carbonyl (C=O) groups excluding carboxylic acids is 1. The zero-order chi connectivity index (χ0) is 17.5. The van der Waals surface area contributed by atoms with Crippen LogP contribution in [0, 0.1) is 0 Å². The molecule has 0 atom stereocenters. The van der Waals surface area contributed by atoms with Crippen molar-refractivity contribution in [1.82, 2.24) is 0 Å². The predicted octanol–water partition coefficient (Wildman–Crippen LogP) is 4.50. The first-order valence-electron chi connectivity index (χ1n) is 8.39. The quantitative estimate of drug-likeness (QED) is 0.721. The molecule has 0 bridgehead atoms. The highest BCUT2D eigenvalue weighted by molar-refractivity contribution is 5.92. The number of nitrogens with zero attached hydrogens (tertiary/aromatic N) is 1. The lowest BCUT2D eigenvalue weighted by Crippen LogP contribution is -2.17. The van der Waals surface area contributed by atoms with Crippen LogP contribution >= 0.6 is 0 Å². The van der Waals surface area contributed by atoms with Crippen molar-refractivity contribution in [2.75, 3.05) is 17.3 Å². The van der Waals surface area contributed by atoms with E-state index in [9.17, 15) is 4.79 Å². The van der Waals surface area contributed by atoms with E-state index >= 15 is 0 Å². The molecule has 0 heterocycles. The standard InChI is InChI=1S/C22H22N2O/c1-24(17-19-10-6-3-7-11-19)21-14-12-20(13-15-21)23-22(25)16-18-8-4-2-5-9-18/h2-15H,16-17H2,1H3,(H,23,25). The Balaban J connectivity index is 1.57. The van der Waals surface area contributed by atoms with Crippen LogP contribution in [-0.2, 0) is 17.8 Å². The van der Waals surface area contributed by atoms with Gasteiger partial charge in [0.05, 0.1) is 6.42 Å². The maximum absolute atomic E-state index is 12.1. The van der Waals surface area contributed by atoms with Gasteiger partial charge in [-0.15, -0.1) is 0 Å². The molecule has 0 aliphatic carbocycles. The molecular formula is C22H22N2O. The summed E-state index contributed by atoms with van der Waals surface area (Å²) in [6.45, 7) is 0.848. The molecule has 0 unspecified atom stereocenters. The molecule has 0 spiro atoms. The number of hydrogen-bond donors (Lipinski definition) is 1. The summed E-state index contributed by atoms with van der Waals surface area (Å²) in [4.78, 5) is 14.3. The second kappa shape index (κ2) is 8.15. The van der Waals surface area contributed by atoms with E-state index in [2.05, 4.69) is 41.5 Å². The van der Waals surface area contributed by atoms with Gasteiger partial charge >= 0.3 is 0 Å². The van der Waals surface area contributed by atoms with Gasteiger partial charge in [-0.05, 0) is 35.4 Å². The zero-order valence-corrected chi connectivity index (χ0v) is 14.4. The monoisotopic (exact) mass is 330 g/mol. The smallest absolute Gasteiger partial charge is 0.228 e. The van der Waals surface area contributed by atoms with Crippen LogP contribution in [0.1, 0.15) is 11.1 Å². The molecular weight excluding hydrogens is 308 g/mol. The Kier molecular flexibility index (Phi) is 5.47. The lowest BCUT2D eigenvalue weighted by molar-refractivity contribution is -0.115. The third-order valence-electron chi connectivity index (χ3n) is 4.06. The molecule has 0 saturated heterocycles. The fraction of sp³-hybridized carbons (Fsp3) is 0.136. The summed E-state index contributed by atoms with van der Waals surface area (Å²) in [6, 6.07) is 28.1. The number of rotatable bonds is 6. The highest BCUT2D eigenvalue weighted by Gasteiger charge is 2.05. The number of amides is 1. The number of nitrogens with one attached hydrogen (secondary N) is 1. The van der Waals surface area contributed by atoms with Crippen molar-refractivity contribution in [2.24, 2.45) is 0 Å². The number of carbonyl (C=O) groups is 1. The van der Waals surface area contributed by atoms with Crippen LogP contribution in [0.3, 0.4) is 0 Å². The Morgan fingerprint density at radius 1 is 0.800 bits per heavy atom. The van der Waals surface area contributed by atoms with Crippen molar-refractivity contribution in [3.05, 3.63) is 96.1 Å². The van der Waals surface area contributed by atoms with Crippen LogP contribution in [-0.4, -0.2) is 13.0 Å². The summed E-state index contributed by atoms with van der Waals surface area (Å²) in [7, 11) is 2.07. The van der Waals surface area contributed by atoms with Crippen LogP contribution in [0.5, 0.6) is 0 Å². The molecule has 3 nitrogen and oxygen atoms in total. The van der Waals surface area contributed by atoms with E-state index in [-0.39, 0.29) is 5.91 Å². The van der Waals surface area contributed by atoms with Crippen molar-refractivity contribution in [1.29, 1.82) is 0 Å². The van der Waals surface area contributed by atoms with Crippen LogP contribution < -0.4 is 10.2 Å². The minimum atomic E-state index is -0.00316. The predicted molar refractivity (Wildman–Crippen MR) is 104 cm³/mol. The summed E-state index contributed by atoms with van der Waals surface area (Å²) in [5.41, 5.74) is 4.21. The van der Waals surface area contributed by atoms with Crippen molar-refractivity contribution in [3.63, 3.8) is 0 Å². The average molecular weight is 330 g/mol. The maximum Gasteiger partial charge on any atom is 0.228 e. The first-order chi connectivity index (χ1) is 12.2. The molecule has 0 aliphatic rings. The summed E-state index contributed by atoms with van der Waals surface area (Å²) in [5, 5.41) is 2.95. The number of anilines is 2. The van der Waals surface area contributed by atoms with Gasteiger partial charge in [0.15, 0.2) is 0 Å². The molecule has 0 radical (unpaired) electrons. The topological polar surface area (TPSA) is 32.3 Å². The normalized spacial score (nSPS) is 10.3. The van der Waals surface area contributed by atoms with Gasteiger partial charge in [-0.2, -0.15) is 0 Å². The van der Waals surface area contributed by atoms with E-state index in [0.29, 0.717) is 6.42 Å². The average Bonchev–Trinajstić information content (AvgIpc) is 2.64. The third kappa shape index (κ3) is 4.95. The Morgan fingerprint density at radius 3 is 1.96 bits per heavy atom. The van der Waals surface area contributed by atoms with E-state index < -0.39 is 0 Å². The van der Waals surface area contributed by atoms with Gasteiger partial charge in [-0.25, -0.2) is 0 Å². The van der Waals surface area contributed by atoms with Crippen molar-refractivity contribution in [2.45, 2.75) is 13.0 Å². The summed E-state index contributed by atoms with van der Waals surface area (Å²) in [5.74, 6) is -0.00316. The molecule has 3 heteroatoms. The van der Waals surface area contributed by atoms with Gasteiger partial charge in [0.25, 0.3) is 0 Å². The van der Waals surface area contributed by atoms with Crippen LogP contribution in [0.4, 0.5) is 11.4 Å². The highest BCUT2D eigenvalue weighted by atomic mass is 16.1. The first kappa shape index (κ1) is 16.8. The Labute approximate surface area is 148 Å². The summed E-state index contributed by atoms with van der Waals surface area (Å²) in [6.07, 6.45) is 0.385. The van der Waals surface area contributed by atoms with Gasteiger partial charge in [-0.3, -0.25) is 4.79 Å². The second-order valence-electron chi connectivity index (χ2n) is 6.10. The van der Waals surface area contributed by atoms with Crippen molar-refractivity contribution in [3.8, 4) is 0 Å². The first-order valence-corrected chi connectivity index (χ1v) is 8.39. The highest BCUT2D eigenvalue weighted by Crippen LogP contribution is 2.19. The van der Waals surface area contributed by atoms with E-state index in [1.165, 1.54) is 5.56 Å². The Hall–Kier alpha value is -3.07. The SMILES string of the molecule is CN(Cc1ccccc1)c1ccc(NC(=O)Cc2ccccc2)cc1. The summed E-state index contributed by atoms with van der Waals surface area (Å²) >= 11 is 0. The molecule has 3 aromatic rings. The van der Waals surface area contributed by atoms with E-state index in [1.807, 2.05) is 60.7 Å². The molecule has 25 heavy (non-hydrogen) atoms.